The molecular weight excluding hydrogens is 651 g/mol. The van der Waals surface area contributed by atoms with Crippen LogP contribution in [0.2, 0.25) is 0 Å². The van der Waals surface area contributed by atoms with Gasteiger partial charge in [0.2, 0.25) is 0 Å². The van der Waals surface area contributed by atoms with Crippen molar-refractivity contribution in [3.05, 3.63) is 196 Å². The van der Waals surface area contributed by atoms with Crippen molar-refractivity contribution in [3.63, 3.8) is 0 Å². The van der Waals surface area contributed by atoms with Crippen molar-refractivity contribution in [2.75, 3.05) is 0 Å². The van der Waals surface area contributed by atoms with Crippen molar-refractivity contribution in [3.8, 4) is 55.7 Å². The lowest BCUT2D eigenvalue weighted by atomic mass is 9.67. The molecule has 0 aliphatic heterocycles. The van der Waals surface area contributed by atoms with Crippen LogP contribution in [-0.2, 0) is 18.3 Å². The first-order valence-corrected chi connectivity index (χ1v) is 19.0. The molecule has 2 aromatic heterocycles. The van der Waals surface area contributed by atoms with Crippen LogP contribution in [-0.4, -0.2) is 15.0 Å². The number of fused-ring (bicyclic) bond motifs is 4. The van der Waals surface area contributed by atoms with E-state index in [-0.39, 0.29) is 0 Å². The molecule has 10 rings (SSSR count). The Balaban J connectivity index is 1.18. The zero-order valence-electron chi connectivity index (χ0n) is 28.7. The van der Waals surface area contributed by atoms with E-state index in [0.717, 1.165) is 40.2 Å². The molecule has 2 heterocycles. The fourth-order valence-corrected chi connectivity index (χ4v) is 9.60. The number of nitrogens with zero attached hydrogens (tertiary/aromatic N) is 3. The summed E-state index contributed by atoms with van der Waals surface area (Å²) in [6, 6.07) is 59.0. The lowest BCUT2D eigenvalue weighted by Crippen LogP contribution is -2.28. The maximum Gasteiger partial charge on any atom is 0.174 e. The lowest BCUT2D eigenvalue weighted by Gasteiger charge is -2.34. The zero-order chi connectivity index (χ0) is 34.5. The minimum absolute atomic E-state index is 0.500. The Hall–Kier alpha value is -5.97. The molecule has 6 aromatic carbocycles. The smallest absolute Gasteiger partial charge is 0.174 e. The van der Waals surface area contributed by atoms with Gasteiger partial charge in [0.05, 0.1) is 10.3 Å². The molecule has 248 valence electrons. The molecule has 2 aliphatic carbocycles. The summed E-state index contributed by atoms with van der Waals surface area (Å²) < 4.78 is 0. The summed E-state index contributed by atoms with van der Waals surface area (Å²) in [6.45, 7) is 0. The molecule has 0 unspecified atom stereocenters. The first kappa shape index (κ1) is 30.8. The highest BCUT2D eigenvalue weighted by Gasteiger charge is 2.45. The van der Waals surface area contributed by atoms with Gasteiger partial charge in [-0.25, -0.2) is 15.0 Å². The number of hydrogen-bond donors (Lipinski definition) is 0. The van der Waals surface area contributed by atoms with Gasteiger partial charge in [0.25, 0.3) is 0 Å². The van der Waals surface area contributed by atoms with Crippen LogP contribution in [0.3, 0.4) is 0 Å². The largest absolute Gasteiger partial charge is 0.208 e. The number of benzene rings is 6. The van der Waals surface area contributed by atoms with Gasteiger partial charge in [0, 0.05) is 16.0 Å². The highest BCUT2D eigenvalue weighted by Crippen LogP contribution is 2.56. The first-order chi connectivity index (χ1) is 25.8. The van der Waals surface area contributed by atoms with E-state index in [0.29, 0.717) is 11.6 Å². The second-order valence-electron chi connectivity index (χ2n) is 13.8. The summed E-state index contributed by atoms with van der Waals surface area (Å²) >= 11 is 1.85. The van der Waals surface area contributed by atoms with Gasteiger partial charge in [0.15, 0.2) is 17.5 Å². The van der Waals surface area contributed by atoms with Crippen LogP contribution in [0.1, 0.15) is 45.5 Å². The topological polar surface area (TPSA) is 38.7 Å². The summed E-state index contributed by atoms with van der Waals surface area (Å²) in [5.41, 5.74) is 12.8. The van der Waals surface area contributed by atoms with Crippen LogP contribution in [0.25, 0.3) is 55.7 Å². The molecule has 0 amide bonds. The molecule has 0 atom stereocenters. The van der Waals surface area contributed by atoms with E-state index < -0.39 is 5.41 Å². The van der Waals surface area contributed by atoms with Gasteiger partial charge >= 0.3 is 0 Å². The number of aromatic nitrogens is 3. The highest BCUT2D eigenvalue weighted by atomic mass is 32.1. The van der Waals surface area contributed by atoms with Crippen molar-refractivity contribution in [1.29, 1.82) is 0 Å². The van der Waals surface area contributed by atoms with E-state index in [1.54, 1.807) is 0 Å². The second-order valence-corrected chi connectivity index (χ2v) is 14.9. The third-order valence-corrected chi connectivity index (χ3v) is 12.0. The van der Waals surface area contributed by atoms with Gasteiger partial charge < -0.3 is 0 Å². The molecule has 0 saturated heterocycles. The minimum Gasteiger partial charge on any atom is -0.208 e. The third-order valence-electron chi connectivity index (χ3n) is 10.8. The molecule has 4 heteroatoms. The fraction of sp³-hybridized carbons (Fsp3) is 0.104. The Morgan fingerprint density at radius 1 is 0.423 bits per heavy atom. The Kier molecular flexibility index (Phi) is 7.51. The third kappa shape index (κ3) is 5.05. The van der Waals surface area contributed by atoms with Crippen LogP contribution in [0.5, 0.6) is 0 Å². The van der Waals surface area contributed by atoms with Crippen molar-refractivity contribution in [2.45, 2.75) is 31.1 Å². The van der Waals surface area contributed by atoms with Crippen LogP contribution in [0.15, 0.2) is 164 Å². The van der Waals surface area contributed by atoms with Gasteiger partial charge in [-0.05, 0) is 94.0 Å². The molecule has 2 aliphatic rings. The molecule has 0 bridgehead atoms. The molecule has 0 fully saturated rings. The van der Waals surface area contributed by atoms with Crippen molar-refractivity contribution < 1.29 is 0 Å². The maximum atomic E-state index is 5.26. The molecule has 0 radical (unpaired) electrons. The standard InChI is InChI=1S/C48H35N3S/c1-3-15-32(16-4-1)33-18-13-19-35(29-33)45-49-46(51-47(50-45)44-31-34-17-7-12-28-43(34)52-44)36-20-14-23-38(30-36)48(37-21-5-2-6-22-37)41-26-10-8-24-39(41)40-25-9-11-27-42(40)48/h1-6,8-11,13-16,18-27,29-31H,7,12,17,28H2. The quantitative estimate of drug-likeness (QED) is 0.175. The summed E-state index contributed by atoms with van der Waals surface area (Å²) in [7, 11) is 0. The maximum absolute atomic E-state index is 5.26. The Labute approximate surface area is 308 Å². The van der Waals surface area contributed by atoms with E-state index in [2.05, 4.69) is 164 Å². The predicted octanol–water partition coefficient (Wildman–Crippen LogP) is 11.8. The normalized spacial score (nSPS) is 14.0. The van der Waals surface area contributed by atoms with Gasteiger partial charge in [-0.15, -0.1) is 11.3 Å². The van der Waals surface area contributed by atoms with E-state index in [9.17, 15) is 0 Å². The summed E-state index contributed by atoms with van der Waals surface area (Å²) in [5, 5.41) is 0. The van der Waals surface area contributed by atoms with E-state index >= 15 is 0 Å². The fourth-order valence-electron chi connectivity index (χ4n) is 8.42. The van der Waals surface area contributed by atoms with Gasteiger partial charge in [-0.2, -0.15) is 0 Å². The lowest BCUT2D eigenvalue weighted by molar-refractivity contribution is 0.697. The van der Waals surface area contributed by atoms with E-state index in [1.807, 2.05) is 11.3 Å². The molecule has 8 aromatic rings. The molecule has 3 nitrogen and oxygen atoms in total. The number of hydrogen-bond acceptors (Lipinski definition) is 4. The number of rotatable bonds is 6. The number of thiophene rings is 1. The Morgan fingerprint density at radius 2 is 0.962 bits per heavy atom. The molecule has 0 saturated carbocycles. The van der Waals surface area contributed by atoms with E-state index in [1.165, 1.54) is 62.2 Å². The second kappa shape index (κ2) is 12.7. The Bertz CT molecular complexity index is 2520. The highest BCUT2D eigenvalue weighted by molar-refractivity contribution is 7.15. The SMILES string of the molecule is c1ccc(-c2cccc(-c3nc(-c4cccc(C5(c6ccccc6)c6ccccc6-c6ccccc65)c4)nc(-c4cc5c(s4)CCCC5)n3)c2)cc1. The van der Waals surface area contributed by atoms with Crippen LogP contribution in [0, 0.1) is 0 Å². The van der Waals surface area contributed by atoms with Crippen molar-refractivity contribution >= 4 is 11.3 Å². The van der Waals surface area contributed by atoms with Crippen LogP contribution < -0.4 is 0 Å². The average Bonchev–Trinajstić information content (AvgIpc) is 3.80. The zero-order valence-corrected chi connectivity index (χ0v) is 29.5. The summed E-state index contributed by atoms with van der Waals surface area (Å²) in [6.07, 6.45) is 4.75. The van der Waals surface area contributed by atoms with Gasteiger partial charge in [-0.3, -0.25) is 0 Å². The Morgan fingerprint density at radius 3 is 1.67 bits per heavy atom. The minimum atomic E-state index is -0.500. The summed E-state index contributed by atoms with van der Waals surface area (Å²) in [5.74, 6) is 2.11. The van der Waals surface area contributed by atoms with Crippen molar-refractivity contribution in [2.24, 2.45) is 0 Å². The molecule has 0 N–H and O–H groups in total. The monoisotopic (exact) mass is 685 g/mol. The van der Waals surface area contributed by atoms with Gasteiger partial charge in [0.1, 0.15) is 0 Å². The molecular formula is C48H35N3S. The number of aryl methyl sites for hydroxylation is 2. The average molecular weight is 686 g/mol. The molecule has 52 heavy (non-hydrogen) atoms. The van der Waals surface area contributed by atoms with Gasteiger partial charge in [-0.1, -0.05) is 146 Å². The van der Waals surface area contributed by atoms with Crippen LogP contribution >= 0.6 is 11.3 Å². The molecule has 0 spiro atoms. The predicted molar refractivity (Wildman–Crippen MR) is 213 cm³/mol. The van der Waals surface area contributed by atoms with E-state index in [4.69, 9.17) is 15.0 Å². The van der Waals surface area contributed by atoms with Crippen molar-refractivity contribution in [1.82, 2.24) is 15.0 Å². The first-order valence-electron chi connectivity index (χ1n) is 18.2. The van der Waals surface area contributed by atoms with Crippen LogP contribution in [0.4, 0.5) is 0 Å². The summed E-state index contributed by atoms with van der Waals surface area (Å²) in [4.78, 5) is 18.3.